The van der Waals surface area contributed by atoms with E-state index in [9.17, 15) is 14.7 Å². The zero-order chi connectivity index (χ0) is 15.6. The molecule has 0 aromatic carbocycles. The first kappa shape index (κ1) is 16.3. The number of hydrogen-bond donors (Lipinski definition) is 2. The van der Waals surface area contributed by atoms with E-state index in [2.05, 4.69) is 10.2 Å². The lowest BCUT2D eigenvalue weighted by Crippen LogP contribution is -2.48. The predicted molar refractivity (Wildman–Crippen MR) is 81.0 cm³/mol. The monoisotopic (exact) mass is 296 g/mol. The fourth-order valence-electron chi connectivity index (χ4n) is 3.53. The van der Waals surface area contributed by atoms with Crippen molar-refractivity contribution in [2.45, 2.75) is 65.0 Å². The van der Waals surface area contributed by atoms with Gasteiger partial charge in [0.2, 0.25) is 5.91 Å². The van der Waals surface area contributed by atoms with Crippen molar-refractivity contribution in [3.8, 4) is 0 Å². The molecule has 2 aliphatic heterocycles. The molecule has 1 amide bonds. The van der Waals surface area contributed by atoms with Crippen molar-refractivity contribution in [3.05, 3.63) is 0 Å². The van der Waals surface area contributed by atoms with Crippen LogP contribution in [0.25, 0.3) is 0 Å². The Labute approximate surface area is 127 Å². The molecule has 21 heavy (non-hydrogen) atoms. The van der Waals surface area contributed by atoms with Crippen molar-refractivity contribution in [2.24, 2.45) is 11.3 Å². The highest BCUT2D eigenvalue weighted by atomic mass is 16.4. The molecule has 0 bridgehead atoms. The molecule has 3 unspecified atom stereocenters. The number of carboxylic acids is 1. The summed E-state index contributed by atoms with van der Waals surface area (Å²) in [5.41, 5.74) is -0.991. The van der Waals surface area contributed by atoms with Crippen LogP contribution in [0.15, 0.2) is 0 Å². The molecule has 0 aromatic rings. The number of nitrogens with zero attached hydrogens (tertiary/aromatic N) is 1. The second kappa shape index (κ2) is 6.34. The summed E-state index contributed by atoms with van der Waals surface area (Å²) in [6, 6.07) is 0.654. The van der Waals surface area contributed by atoms with Crippen molar-refractivity contribution in [3.63, 3.8) is 0 Å². The standard InChI is InChI=1S/C16H28N2O3/c1-11(2)16(3,15(20)21)10-14(19)17-12-7-9-18-8-5-4-6-13(12)18/h11-13H,4-10H2,1-3H3,(H,17,19)(H,20,21). The maximum Gasteiger partial charge on any atom is 0.310 e. The molecular weight excluding hydrogens is 268 g/mol. The van der Waals surface area contributed by atoms with Gasteiger partial charge >= 0.3 is 5.97 Å². The molecule has 2 saturated heterocycles. The molecule has 5 nitrogen and oxygen atoms in total. The summed E-state index contributed by atoms with van der Waals surface area (Å²) in [6.07, 6.45) is 4.67. The Kier molecular flexibility index (Phi) is 4.91. The summed E-state index contributed by atoms with van der Waals surface area (Å²) < 4.78 is 0. The number of rotatable bonds is 5. The van der Waals surface area contributed by atoms with Gasteiger partial charge in [0.15, 0.2) is 0 Å². The lowest BCUT2D eigenvalue weighted by atomic mass is 9.76. The Morgan fingerprint density at radius 2 is 2.00 bits per heavy atom. The van der Waals surface area contributed by atoms with Gasteiger partial charge in [-0.05, 0) is 38.6 Å². The first-order valence-corrected chi connectivity index (χ1v) is 8.11. The molecule has 5 heteroatoms. The van der Waals surface area contributed by atoms with Crippen LogP contribution in [0.5, 0.6) is 0 Å². The maximum absolute atomic E-state index is 12.3. The Morgan fingerprint density at radius 1 is 1.29 bits per heavy atom. The van der Waals surface area contributed by atoms with Crippen LogP contribution < -0.4 is 5.32 Å². The van der Waals surface area contributed by atoms with Crippen LogP contribution in [0.1, 0.15) is 52.9 Å². The zero-order valence-electron chi connectivity index (χ0n) is 13.4. The number of carbonyl (C=O) groups is 2. The van der Waals surface area contributed by atoms with Gasteiger partial charge in [0, 0.05) is 25.0 Å². The van der Waals surface area contributed by atoms with Crippen molar-refractivity contribution >= 4 is 11.9 Å². The second-order valence-corrected chi connectivity index (χ2v) is 7.12. The number of aliphatic carboxylic acids is 1. The third kappa shape index (κ3) is 3.39. The van der Waals surface area contributed by atoms with Crippen molar-refractivity contribution in [1.82, 2.24) is 10.2 Å². The molecule has 0 saturated carbocycles. The van der Waals surface area contributed by atoms with Gasteiger partial charge in [-0.15, -0.1) is 0 Å². The molecular formula is C16H28N2O3. The Morgan fingerprint density at radius 3 is 2.62 bits per heavy atom. The zero-order valence-corrected chi connectivity index (χ0v) is 13.4. The summed E-state index contributed by atoms with van der Waals surface area (Å²) in [6.45, 7) is 7.58. The first-order valence-electron chi connectivity index (χ1n) is 8.11. The normalized spacial score (nSPS) is 29.0. The third-order valence-electron chi connectivity index (χ3n) is 5.49. The van der Waals surface area contributed by atoms with E-state index >= 15 is 0 Å². The molecule has 2 heterocycles. The van der Waals surface area contributed by atoms with Crippen LogP contribution in [0.3, 0.4) is 0 Å². The second-order valence-electron chi connectivity index (χ2n) is 7.12. The van der Waals surface area contributed by atoms with Crippen LogP contribution >= 0.6 is 0 Å². The highest BCUT2D eigenvalue weighted by Gasteiger charge is 2.41. The highest BCUT2D eigenvalue weighted by molar-refractivity contribution is 5.85. The summed E-state index contributed by atoms with van der Waals surface area (Å²) >= 11 is 0. The number of nitrogens with one attached hydrogen (secondary N) is 1. The molecule has 0 spiro atoms. The van der Waals surface area contributed by atoms with E-state index < -0.39 is 11.4 Å². The third-order valence-corrected chi connectivity index (χ3v) is 5.49. The van der Waals surface area contributed by atoms with E-state index in [4.69, 9.17) is 0 Å². The van der Waals surface area contributed by atoms with Crippen molar-refractivity contribution in [1.29, 1.82) is 0 Å². The van der Waals surface area contributed by atoms with Crippen molar-refractivity contribution < 1.29 is 14.7 Å². The molecule has 2 fully saturated rings. The first-order chi connectivity index (χ1) is 9.84. The van der Waals surface area contributed by atoms with Gasteiger partial charge in [0.05, 0.1) is 5.41 Å². The van der Waals surface area contributed by atoms with Gasteiger partial charge in [-0.2, -0.15) is 0 Å². The lowest BCUT2D eigenvalue weighted by molar-refractivity contribution is -0.153. The molecule has 2 N–H and O–H groups in total. The van der Waals surface area contributed by atoms with E-state index in [1.165, 1.54) is 12.8 Å². The lowest BCUT2D eigenvalue weighted by Gasteiger charge is -2.33. The van der Waals surface area contributed by atoms with Gasteiger partial charge in [0.1, 0.15) is 0 Å². The molecule has 3 atom stereocenters. The number of fused-ring (bicyclic) bond motifs is 1. The van der Waals surface area contributed by atoms with E-state index in [0.29, 0.717) is 6.04 Å². The van der Waals surface area contributed by atoms with Crippen LogP contribution in [0, 0.1) is 11.3 Å². The highest BCUT2D eigenvalue weighted by Crippen LogP contribution is 2.32. The minimum absolute atomic E-state index is 0.0587. The molecule has 0 radical (unpaired) electrons. The molecule has 2 rings (SSSR count). The van der Waals surface area contributed by atoms with Gasteiger partial charge < -0.3 is 10.4 Å². The van der Waals surface area contributed by atoms with Gasteiger partial charge in [-0.3, -0.25) is 14.5 Å². The minimum Gasteiger partial charge on any atom is -0.481 e. The van der Waals surface area contributed by atoms with E-state index in [-0.39, 0.29) is 24.3 Å². The predicted octanol–water partition coefficient (Wildman–Crippen LogP) is 1.87. The fraction of sp³-hybridized carbons (Fsp3) is 0.875. The van der Waals surface area contributed by atoms with E-state index in [0.717, 1.165) is 25.9 Å². The Balaban J connectivity index is 1.94. The minimum atomic E-state index is -0.991. The van der Waals surface area contributed by atoms with E-state index in [1.807, 2.05) is 13.8 Å². The Bertz CT molecular complexity index is 410. The quantitative estimate of drug-likeness (QED) is 0.812. The Hall–Kier alpha value is -1.10. The van der Waals surface area contributed by atoms with Crippen molar-refractivity contribution in [2.75, 3.05) is 13.1 Å². The van der Waals surface area contributed by atoms with E-state index in [1.54, 1.807) is 6.92 Å². The molecule has 0 aliphatic carbocycles. The van der Waals surface area contributed by atoms with Crippen LogP contribution in [0.4, 0.5) is 0 Å². The SMILES string of the molecule is CC(C)C(C)(CC(=O)NC1CCN2CCCCC12)C(=O)O. The summed E-state index contributed by atoms with van der Waals surface area (Å²) in [7, 11) is 0. The summed E-state index contributed by atoms with van der Waals surface area (Å²) in [5.74, 6) is -1.08. The van der Waals surface area contributed by atoms with Gasteiger partial charge in [-0.1, -0.05) is 20.3 Å². The molecule has 120 valence electrons. The number of piperidine rings is 1. The van der Waals surface area contributed by atoms with Gasteiger partial charge in [-0.25, -0.2) is 0 Å². The average molecular weight is 296 g/mol. The average Bonchev–Trinajstić information content (AvgIpc) is 2.81. The molecule has 0 aromatic heterocycles. The molecule has 2 aliphatic rings. The van der Waals surface area contributed by atoms with Gasteiger partial charge in [0.25, 0.3) is 0 Å². The number of amides is 1. The summed E-state index contributed by atoms with van der Waals surface area (Å²) in [4.78, 5) is 26.2. The topological polar surface area (TPSA) is 69.6 Å². The summed E-state index contributed by atoms with van der Waals surface area (Å²) in [5, 5.41) is 12.5. The largest absolute Gasteiger partial charge is 0.481 e. The fourth-order valence-corrected chi connectivity index (χ4v) is 3.53. The number of carbonyl (C=O) groups excluding carboxylic acids is 1. The maximum atomic E-state index is 12.3. The van der Waals surface area contributed by atoms with Crippen LogP contribution in [0.2, 0.25) is 0 Å². The van der Waals surface area contributed by atoms with Crippen LogP contribution in [-0.4, -0.2) is 47.1 Å². The number of carboxylic acid groups (broad SMARTS) is 1. The number of hydrogen-bond acceptors (Lipinski definition) is 3. The van der Waals surface area contributed by atoms with Crippen LogP contribution in [-0.2, 0) is 9.59 Å². The smallest absolute Gasteiger partial charge is 0.310 e.